The molecule has 0 N–H and O–H groups in total. The van der Waals surface area contributed by atoms with Crippen LogP contribution in [0.2, 0.25) is 0 Å². The van der Waals surface area contributed by atoms with Gasteiger partial charge in [0.25, 0.3) is 0 Å². The number of hydrogen-bond donors (Lipinski definition) is 0. The van der Waals surface area contributed by atoms with Crippen LogP contribution in [-0.2, 0) is 46.3 Å². The van der Waals surface area contributed by atoms with Gasteiger partial charge in [0.2, 0.25) is 0 Å². The second-order valence-electron chi connectivity index (χ2n) is 8.95. The summed E-state index contributed by atoms with van der Waals surface area (Å²) in [6.45, 7) is 6.14. The van der Waals surface area contributed by atoms with Gasteiger partial charge < -0.3 is 23.7 Å². The van der Waals surface area contributed by atoms with Gasteiger partial charge in [0.15, 0.2) is 23.0 Å². The van der Waals surface area contributed by atoms with E-state index in [0.29, 0.717) is 30.4 Å². The molecule has 0 aliphatic carbocycles. The molecule has 0 heterocycles. The molecule has 0 saturated carbocycles. The van der Waals surface area contributed by atoms with Crippen LogP contribution in [0.5, 0.6) is 23.0 Å². The van der Waals surface area contributed by atoms with Gasteiger partial charge in [-0.1, -0.05) is 12.1 Å². The number of rotatable bonds is 13. The van der Waals surface area contributed by atoms with E-state index in [1.807, 2.05) is 0 Å². The smallest absolute Gasteiger partial charge is 0.308 e. The third-order valence-corrected chi connectivity index (χ3v) is 5.27. The molecule has 0 spiro atoms. The summed E-state index contributed by atoms with van der Waals surface area (Å²) in [6.07, 6.45) is 0.402. The van der Waals surface area contributed by atoms with Crippen LogP contribution in [0.4, 0.5) is 0 Å². The summed E-state index contributed by atoms with van der Waals surface area (Å²) in [4.78, 5) is 70.0. The molecule has 0 saturated heterocycles. The number of carbonyl (C=O) groups excluding carboxylic acids is 6. The molecule has 2 aromatic carbocycles. The molecule has 2 rings (SSSR count). The van der Waals surface area contributed by atoms with Crippen molar-refractivity contribution >= 4 is 35.6 Å². The first-order valence-electron chi connectivity index (χ1n) is 12.5. The average Bonchev–Trinajstić information content (AvgIpc) is 2.82. The van der Waals surface area contributed by atoms with Crippen molar-refractivity contribution in [2.75, 3.05) is 0 Å². The van der Waals surface area contributed by atoms with Crippen molar-refractivity contribution in [3.8, 4) is 23.0 Å². The highest BCUT2D eigenvalue weighted by Gasteiger charge is 2.19. The standard InChI is InChI=1S/C29H32O11/c1-17(30)36-25(11-7-23-9-13-27(38-19(3)32)29(15-23)40-21(5)34)16-24(35)10-6-22-8-12-26(37-18(2)31)28(14-22)39-20(4)33/h8-9,12-15,25H,6-7,10-11,16H2,1-5H3. The molecule has 11 heteroatoms. The summed E-state index contributed by atoms with van der Waals surface area (Å²) in [5, 5.41) is 0. The van der Waals surface area contributed by atoms with Crippen LogP contribution < -0.4 is 18.9 Å². The van der Waals surface area contributed by atoms with Crippen LogP contribution in [0, 0.1) is 0 Å². The molecule has 0 aliphatic rings. The maximum absolute atomic E-state index is 12.8. The van der Waals surface area contributed by atoms with Gasteiger partial charge >= 0.3 is 29.8 Å². The van der Waals surface area contributed by atoms with E-state index in [1.54, 1.807) is 18.2 Å². The summed E-state index contributed by atoms with van der Waals surface area (Å²) >= 11 is 0. The Balaban J connectivity index is 2.06. The fourth-order valence-corrected chi connectivity index (χ4v) is 3.77. The molecule has 0 aromatic heterocycles. The molecule has 1 atom stereocenters. The largest absolute Gasteiger partial charge is 0.462 e. The molecule has 214 valence electrons. The number of Topliss-reactive ketones (excluding diaryl/α,β-unsaturated/α-hetero) is 1. The Morgan fingerprint density at radius 3 is 1.43 bits per heavy atom. The van der Waals surface area contributed by atoms with E-state index in [-0.39, 0.29) is 41.6 Å². The molecule has 0 aliphatic heterocycles. The first kappa shape index (κ1) is 31.7. The molecular formula is C29H32O11. The van der Waals surface area contributed by atoms with Crippen molar-refractivity contribution in [1.82, 2.24) is 0 Å². The van der Waals surface area contributed by atoms with Crippen LogP contribution in [0.3, 0.4) is 0 Å². The maximum Gasteiger partial charge on any atom is 0.308 e. The van der Waals surface area contributed by atoms with E-state index in [4.69, 9.17) is 23.7 Å². The van der Waals surface area contributed by atoms with Crippen molar-refractivity contribution in [3.05, 3.63) is 47.5 Å². The molecule has 1 unspecified atom stereocenters. The molecule has 11 nitrogen and oxygen atoms in total. The number of hydrogen-bond acceptors (Lipinski definition) is 11. The van der Waals surface area contributed by atoms with Gasteiger partial charge in [0.05, 0.1) is 0 Å². The molecular weight excluding hydrogens is 524 g/mol. The maximum atomic E-state index is 12.8. The van der Waals surface area contributed by atoms with Gasteiger partial charge in [0, 0.05) is 47.5 Å². The van der Waals surface area contributed by atoms with Crippen LogP contribution in [-0.4, -0.2) is 41.7 Å². The third kappa shape index (κ3) is 11.5. The lowest BCUT2D eigenvalue weighted by atomic mass is 9.99. The Bertz CT molecular complexity index is 1280. The minimum absolute atomic E-state index is 0.0236. The summed E-state index contributed by atoms with van der Waals surface area (Å²) < 4.78 is 25.7. The number of carbonyl (C=O) groups is 6. The van der Waals surface area contributed by atoms with E-state index in [9.17, 15) is 28.8 Å². The van der Waals surface area contributed by atoms with Gasteiger partial charge in [-0.05, 0) is 54.7 Å². The zero-order valence-corrected chi connectivity index (χ0v) is 23.1. The molecule has 0 amide bonds. The Hall–Kier alpha value is -4.54. The van der Waals surface area contributed by atoms with E-state index in [2.05, 4.69) is 0 Å². The number of aryl methyl sites for hydroxylation is 2. The Morgan fingerprint density at radius 1 is 0.575 bits per heavy atom. The van der Waals surface area contributed by atoms with Gasteiger partial charge in [-0.15, -0.1) is 0 Å². The fourth-order valence-electron chi connectivity index (χ4n) is 3.77. The predicted molar refractivity (Wildman–Crippen MR) is 140 cm³/mol. The van der Waals surface area contributed by atoms with E-state index < -0.39 is 36.0 Å². The van der Waals surface area contributed by atoms with Crippen molar-refractivity contribution in [2.45, 2.75) is 72.8 Å². The quantitative estimate of drug-likeness (QED) is 0.262. The predicted octanol–water partition coefficient (Wildman–Crippen LogP) is 3.84. The minimum atomic E-state index is -0.696. The molecule has 0 radical (unpaired) electrons. The van der Waals surface area contributed by atoms with Gasteiger partial charge in [0.1, 0.15) is 11.9 Å². The minimum Gasteiger partial charge on any atom is -0.462 e. The Morgan fingerprint density at radius 2 is 1.00 bits per heavy atom. The molecule has 2 aromatic rings. The van der Waals surface area contributed by atoms with Gasteiger partial charge in [-0.2, -0.15) is 0 Å². The summed E-state index contributed by atoms with van der Waals surface area (Å²) in [5.41, 5.74) is 1.39. The first-order valence-corrected chi connectivity index (χ1v) is 12.5. The average molecular weight is 557 g/mol. The summed E-state index contributed by atoms with van der Waals surface area (Å²) in [5.74, 6) is -2.69. The number of ether oxygens (including phenoxy) is 5. The number of benzene rings is 2. The monoisotopic (exact) mass is 556 g/mol. The van der Waals surface area contributed by atoms with Crippen LogP contribution in [0.15, 0.2) is 36.4 Å². The zero-order valence-electron chi connectivity index (χ0n) is 23.1. The highest BCUT2D eigenvalue weighted by Crippen LogP contribution is 2.31. The fraction of sp³-hybridized carbons (Fsp3) is 0.379. The third-order valence-electron chi connectivity index (χ3n) is 5.27. The van der Waals surface area contributed by atoms with E-state index in [1.165, 1.54) is 52.8 Å². The van der Waals surface area contributed by atoms with Crippen LogP contribution in [0.1, 0.15) is 65.0 Å². The molecule has 40 heavy (non-hydrogen) atoms. The topological polar surface area (TPSA) is 149 Å². The highest BCUT2D eigenvalue weighted by atomic mass is 16.6. The van der Waals surface area contributed by atoms with Crippen molar-refractivity contribution in [2.24, 2.45) is 0 Å². The SMILES string of the molecule is CC(=O)Oc1ccc(CCC(=O)CC(CCc2ccc(OC(C)=O)c(OC(C)=O)c2)OC(C)=O)cc1OC(C)=O. The summed E-state index contributed by atoms with van der Waals surface area (Å²) in [6, 6.07) is 9.39. The summed E-state index contributed by atoms with van der Waals surface area (Å²) in [7, 11) is 0. The Labute approximate surface area is 231 Å². The Kier molecular flexibility index (Phi) is 12.0. The van der Waals surface area contributed by atoms with Gasteiger partial charge in [-0.3, -0.25) is 28.8 Å². The number of esters is 5. The second kappa shape index (κ2) is 15.2. The highest BCUT2D eigenvalue weighted by molar-refractivity contribution is 5.80. The van der Waals surface area contributed by atoms with Crippen LogP contribution in [0.25, 0.3) is 0 Å². The van der Waals surface area contributed by atoms with E-state index in [0.717, 1.165) is 0 Å². The zero-order chi connectivity index (χ0) is 29.8. The van der Waals surface area contributed by atoms with Crippen LogP contribution >= 0.6 is 0 Å². The lowest BCUT2D eigenvalue weighted by Crippen LogP contribution is -2.21. The normalized spacial score (nSPS) is 11.1. The molecule has 0 fully saturated rings. The van der Waals surface area contributed by atoms with Gasteiger partial charge in [-0.25, -0.2) is 0 Å². The lowest BCUT2D eigenvalue weighted by molar-refractivity contribution is -0.148. The second-order valence-corrected chi connectivity index (χ2v) is 8.95. The van der Waals surface area contributed by atoms with Crippen molar-refractivity contribution in [1.29, 1.82) is 0 Å². The lowest BCUT2D eigenvalue weighted by Gasteiger charge is -2.17. The van der Waals surface area contributed by atoms with Crippen molar-refractivity contribution in [3.63, 3.8) is 0 Å². The van der Waals surface area contributed by atoms with Crippen molar-refractivity contribution < 1.29 is 52.5 Å². The molecule has 0 bridgehead atoms. The number of ketones is 1. The first-order chi connectivity index (χ1) is 18.8. The van der Waals surface area contributed by atoms with E-state index >= 15 is 0 Å².